The third-order valence-corrected chi connectivity index (χ3v) is 2.70. The first-order valence-corrected chi connectivity index (χ1v) is 5.36. The van der Waals surface area contributed by atoms with Crippen LogP contribution in [-0.4, -0.2) is 25.4 Å². The molecule has 0 radical (unpaired) electrons. The van der Waals surface area contributed by atoms with Gasteiger partial charge in [-0.3, -0.25) is 0 Å². The van der Waals surface area contributed by atoms with E-state index in [1.54, 1.807) is 18.3 Å². The van der Waals surface area contributed by atoms with Crippen molar-refractivity contribution in [3.8, 4) is 11.1 Å². The van der Waals surface area contributed by atoms with E-state index in [4.69, 9.17) is 5.11 Å². The monoisotopic (exact) mass is 239 g/mol. The fourth-order valence-corrected chi connectivity index (χ4v) is 1.82. The molecular formula is C13H9N3O2. The van der Waals surface area contributed by atoms with E-state index in [2.05, 4.69) is 9.97 Å². The maximum Gasteiger partial charge on any atom is 0.354 e. The van der Waals surface area contributed by atoms with Crippen molar-refractivity contribution in [2.45, 2.75) is 0 Å². The first-order chi connectivity index (χ1) is 8.74. The predicted octanol–water partition coefficient (Wildman–Crippen LogP) is 2.09. The number of hydrogen-bond acceptors (Lipinski definition) is 3. The number of imidazole rings is 1. The lowest BCUT2D eigenvalue weighted by Crippen LogP contribution is -1.99. The van der Waals surface area contributed by atoms with Crippen LogP contribution in [-0.2, 0) is 0 Å². The molecule has 0 atom stereocenters. The van der Waals surface area contributed by atoms with Gasteiger partial charge in [-0.05, 0) is 35.4 Å². The Bertz CT molecular complexity index is 734. The van der Waals surface area contributed by atoms with Crippen LogP contribution in [0, 0.1) is 0 Å². The quantitative estimate of drug-likeness (QED) is 0.743. The van der Waals surface area contributed by atoms with Gasteiger partial charge in [-0.2, -0.15) is 0 Å². The van der Waals surface area contributed by atoms with Gasteiger partial charge in [0.15, 0.2) is 0 Å². The topological polar surface area (TPSA) is 67.5 Å². The molecule has 3 heterocycles. The number of aromatic carboxylic acids is 1. The molecule has 0 aromatic carbocycles. The lowest BCUT2D eigenvalue weighted by Gasteiger charge is -2.03. The first kappa shape index (κ1) is 10.5. The highest BCUT2D eigenvalue weighted by molar-refractivity contribution is 5.87. The molecule has 0 aliphatic rings. The van der Waals surface area contributed by atoms with Gasteiger partial charge in [0.05, 0.1) is 0 Å². The van der Waals surface area contributed by atoms with Gasteiger partial charge in [-0.25, -0.2) is 14.8 Å². The van der Waals surface area contributed by atoms with E-state index in [9.17, 15) is 4.79 Å². The van der Waals surface area contributed by atoms with Crippen molar-refractivity contribution in [2.75, 3.05) is 0 Å². The van der Waals surface area contributed by atoms with Crippen LogP contribution in [0.1, 0.15) is 10.5 Å². The smallest absolute Gasteiger partial charge is 0.354 e. The Kier molecular flexibility index (Phi) is 2.30. The number of carbonyl (C=O) groups is 1. The summed E-state index contributed by atoms with van der Waals surface area (Å²) >= 11 is 0. The second kappa shape index (κ2) is 3.96. The van der Waals surface area contributed by atoms with Crippen molar-refractivity contribution in [2.24, 2.45) is 0 Å². The molecule has 3 rings (SSSR count). The van der Waals surface area contributed by atoms with Crippen molar-refractivity contribution >= 4 is 11.6 Å². The Morgan fingerprint density at radius 3 is 2.83 bits per heavy atom. The summed E-state index contributed by atoms with van der Waals surface area (Å²) in [6, 6.07) is 7.13. The fourth-order valence-electron chi connectivity index (χ4n) is 1.82. The lowest BCUT2D eigenvalue weighted by molar-refractivity contribution is 0.0690. The Hall–Kier alpha value is -2.69. The number of fused-ring (bicyclic) bond motifs is 1. The standard InChI is InChI=1S/C13H9N3O2/c17-13(18)11-7-9(3-4-14-11)10-1-2-12-15-5-6-16(12)8-10/h1-8H,(H,17,18). The Morgan fingerprint density at radius 1 is 1.11 bits per heavy atom. The molecule has 0 spiro atoms. The summed E-state index contributed by atoms with van der Waals surface area (Å²) in [5.41, 5.74) is 2.63. The van der Waals surface area contributed by atoms with Crippen molar-refractivity contribution in [1.29, 1.82) is 0 Å². The van der Waals surface area contributed by atoms with Crippen molar-refractivity contribution in [3.05, 3.63) is 54.7 Å². The Morgan fingerprint density at radius 2 is 2.00 bits per heavy atom. The first-order valence-electron chi connectivity index (χ1n) is 5.36. The highest BCUT2D eigenvalue weighted by Gasteiger charge is 2.06. The van der Waals surface area contributed by atoms with Crippen LogP contribution in [0.3, 0.4) is 0 Å². The number of carboxylic acids is 1. The highest BCUT2D eigenvalue weighted by Crippen LogP contribution is 2.20. The molecule has 0 fully saturated rings. The summed E-state index contributed by atoms with van der Waals surface area (Å²) in [5, 5.41) is 8.92. The van der Waals surface area contributed by atoms with Crippen LogP contribution in [0.5, 0.6) is 0 Å². The molecule has 3 aromatic rings. The zero-order valence-corrected chi connectivity index (χ0v) is 9.32. The van der Waals surface area contributed by atoms with Crippen molar-refractivity contribution in [1.82, 2.24) is 14.4 Å². The molecule has 18 heavy (non-hydrogen) atoms. The predicted molar refractivity (Wildman–Crippen MR) is 65.4 cm³/mol. The molecule has 0 aliphatic heterocycles. The molecule has 0 bridgehead atoms. The molecule has 0 unspecified atom stereocenters. The van der Waals surface area contributed by atoms with Gasteiger partial charge < -0.3 is 9.51 Å². The van der Waals surface area contributed by atoms with E-state index in [0.29, 0.717) is 0 Å². The summed E-state index contributed by atoms with van der Waals surface area (Å²) in [6.45, 7) is 0. The third kappa shape index (κ3) is 1.71. The third-order valence-electron chi connectivity index (χ3n) is 2.70. The zero-order chi connectivity index (χ0) is 12.5. The molecule has 3 aromatic heterocycles. The average molecular weight is 239 g/mol. The minimum atomic E-state index is -1.03. The molecule has 5 nitrogen and oxygen atoms in total. The molecular weight excluding hydrogens is 230 g/mol. The molecule has 0 aliphatic carbocycles. The SMILES string of the molecule is O=C(O)c1cc(-c2ccc3nccn3c2)ccn1. The summed E-state index contributed by atoms with van der Waals surface area (Å²) in [7, 11) is 0. The van der Waals surface area contributed by atoms with Crippen molar-refractivity contribution in [3.63, 3.8) is 0 Å². The summed E-state index contributed by atoms with van der Waals surface area (Å²) < 4.78 is 1.89. The molecule has 0 saturated carbocycles. The van der Waals surface area contributed by atoms with Gasteiger partial charge in [-0.15, -0.1) is 0 Å². The van der Waals surface area contributed by atoms with Gasteiger partial charge in [-0.1, -0.05) is 0 Å². The number of aromatic nitrogens is 3. The van der Waals surface area contributed by atoms with Gasteiger partial charge in [0, 0.05) is 24.8 Å². The normalized spacial score (nSPS) is 10.7. The number of pyridine rings is 2. The minimum Gasteiger partial charge on any atom is -0.477 e. The number of hydrogen-bond donors (Lipinski definition) is 1. The summed E-state index contributed by atoms with van der Waals surface area (Å²) in [6.07, 6.45) is 6.96. The van der Waals surface area contributed by atoms with Crippen LogP contribution in [0.15, 0.2) is 49.1 Å². The van der Waals surface area contributed by atoms with E-state index in [0.717, 1.165) is 16.8 Å². The highest BCUT2D eigenvalue weighted by atomic mass is 16.4. The molecule has 0 amide bonds. The molecule has 88 valence electrons. The van der Waals surface area contributed by atoms with E-state index in [1.807, 2.05) is 28.9 Å². The summed E-state index contributed by atoms with van der Waals surface area (Å²) in [5.74, 6) is -1.03. The van der Waals surface area contributed by atoms with Crippen LogP contribution in [0.2, 0.25) is 0 Å². The Labute approximate surface area is 102 Å². The number of nitrogens with zero attached hydrogens (tertiary/aromatic N) is 3. The minimum absolute atomic E-state index is 0.0400. The van der Waals surface area contributed by atoms with E-state index < -0.39 is 5.97 Å². The number of carboxylic acid groups (broad SMARTS) is 1. The largest absolute Gasteiger partial charge is 0.477 e. The Balaban J connectivity index is 2.13. The zero-order valence-electron chi connectivity index (χ0n) is 9.32. The summed E-state index contributed by atoms with van der Waals surface area (Å²) in [4.78, 5) is 18.8. The van der Waals surface area contributed by atoms with Crippen LogP contribution >= 0.6 is 0 Å². The average Bonchev–Trinajstić information content (AvgIpc) is 2.86. The second-order valence-electron chi connectivity index (χ2n) is 3.85. The maximum absolute atomic E-state index is 10.9. The van der Waals surface area contributed by atoms with Gasteiger partial charge in [0.1, 0.15) is 11.3 Å². The van der Waals surface area contributed by atoms with Gasteiger partial charge in [0.2, 0.25) is 0 Å². The van der Waals surface area contributed by atoms with Crippen LogP contribution < -0.4 is 0 Å². The fraction of sp³-hybridized carbons (Fsp3) is 0. The molecule has 1 N–H and O–H groups in total. The van der Waals surface area contributed by atoms with Crippen LogP contribution in [0.25, 0.3) is 16.8 Å². The van der Waals surface area contributed by atoms with Crippen LogP contribution in [0.4, 0.5) is 0 Å². The maximum atomic E-state index is 10.9. The lowest BCUT2D eigenvalue weighted by atomic mass is 10.1. The molecule has 0 saturated heterocycles. The second-order valence-corrected chi connectivity index (χ2v) is 3.85. The van der Waals surface area contributed by atoms with Gasteiger partial charge >= 0.3 is 5.97 Å². The van der Waals surface area contributed by atoms with E-state index in [-0.39, 0.29) is 5.69 Å². The molecule has 5 heteroatoms. The number of rotatable bonds is 2. The van der Waals surface area contributed by atoms with E-state index in [1.165, 1.54) is 6.20 Å². The van der Waals surface area contributed by atoms with Crippen molar-refractivity contribution < 1.29 is 9.90 Å². The van der Waals surface area contributed by atoms with Gasteiger partial charge in [0.25, 0.3) is 0 Å². The van der Waals surface area contributed by atoms with E-state index >= 15 is 0 Å².